The van der Waals surface area contributed by atoms with Crippen molar-refractivity contribution in [2.24, 2.45) is 0 Å². The molecule has 0 aromatic heterocycles. The van der Waals surface area contributed by atoms with E-state index >= 15 is 0 Å². The molecule has 2 rings (SSSR count). The van der Waals surface area contributed by atoms with Crippen molar-refractivity contribution < 1.29 is 99.7 Å². The topological polar surface area (TPSA) is 399 Å². The lowest BCUT2D eigenvalue weighted by atomic mass is 10.0. The third-order valence-electron chi connectivity index (χ3n) is 8.95. The quantitative estimate of drug-likeness (QED) is 0.0242. The zero-order chi connectivity index (χ0) is 53.7. The Morgan fingerprint density at radius 3 is 1.23 bits per heavy atom. The molecule has 404 valence electrons. The van der Waals surface area contributed by atoms with Crippen molar-refractivity contribution in [1.82, 2.24) is 10.6 Å². The first-order valence-electron chi connectivity index (χ1n) is 20.8. The van der Waals surface area contributed by atoms with Gasteiger partial charge in [-0.25, -0.2) is 9.59 Å². The second kappa shape index (κ2) is 39.7. The zero-order valence-electron chi connectivity index (χ0n) is 37.7. The van der Waals surface area contributed by atoms with Gasteiger partial charge in [-0.2, -0.15) is 0 Å². The van der Waals surface area contributed by atoms with Gasteiger partial charge in [-0.1, -0.05) is 0 Å². The fraction of sp³-hybridized carbons (Fsp3) is 0.625. The van der Waals surface area contributed by atoms with E-state index in [4.69, 9.17) is 59.8 Å². The number of anilines is 2. The number of benzene rings is 2. The molecule has 2 aromatic rings. The Kier molecular flexibility index (Phi) is 39.9. The number of carboxylic acids is 2. The molecule has 70 heavy (non-hydrogen) atoms. The van der Waals surface area contributed by atoms with Crippen molar-refractivity contribution in [3.05, 3.63) is 44.7 Å². The summed E-state index contributed by atoms with van der Waals surface area (Å²) in [6, 6.07) is 3.47. The van der Waals surface area contributed by atoms with Crippen molar-refractivity contribution in [1.29, 1.82) is 0 Å². The Balaban J connectivity index is 0.00000148. The molecular weight excluding hydrogens is 1620 g/mol. The average molecular weight is 1680 g/mol. The summed E-state index contributed by atoms with van der Waals surface area (Å²) in [4.78, 5) is 35.4. The molecule has 0 radical (unpaired) electrons. The predicted molar refractivity (Wildman–Crippen MR) is 304 cm³/mol. The summed E-state index contributed by atoms with van der Waals surface area (Å²) < 4.78 is 25.7. The van der Waals surface area contributed by atoms with E-state index in [0.717, 1.165) is 7.14 Å². The van der Waals surface area contributed by atoms with Gasteiger partial charge in [-0.3, -0.25) is 4.79 Å². The first-order chi connectivity index (χ1) is 32.9. The van der Waals surface area contributed by atoms with Crippen LogP contribution in [-0.4, -0.2) is 233 Å². The molecule has 17 N–H and O–H groups in total. The van der Waals surface area contributed by atoms with Crippen molar-refractivity contribution >= 4 is 165 Å². The highest BCUT2D eigenvalue weighted by Crippen LogP contribution is 2.33. The molecule has 0 bridgehead atoms. The van der Waals surface area contributed by atoms with E-state index in [0.29, 0.717) is 78.3 Å². The van der Waals surface area contributed by atoms with Gasteiger partial charge in [-0.05, 0) is 162 Å². The minimum Gasteiger partial charge on any atom is -0.478 e. The van der Waals surface area contributed by atoms with Crippen LogP contribution in [0.2, 0.25) is 0 Å². The number of ether oxygens (including phenoxy) is 4. The standard InChI is InChI=1S/C26H28I6N2O10.2C7H17NO5/c27-13-11-15(29)23(21(31)19(13)25(37)38)33-17(35)1-3-41-5-7-43-9-10-44-8-6-42-4-2-18(36)34-24-16(30)12-14(28)20(22(24)32)26(39)40;2*1-8-2-4(10)6(12)7(13)5(11)3-9/h11-12,17,33,35H,1-10H2,(H,34,36)(H,37,38)(H,39,40);2*4-13H,2-3H2,1H3/t;2*4-,5+,6+,7+/m.00/s1. The highest BCUT2D eigenvalue weighted by Gasteiger charge is 2.30. The van der Waals surface area contributed by atoms with Crippen molar-refractivity contribution in [2.75, 3.05) is 104 Å². The van der Waals surface area contributed by atoms with Crippen LogP contribution < -0.4 is 21.3 Å². The number of amides is 1. The van der Waals surface area contributed by atoms with Gasteiger partial charge in [0.15, 0.2) is 0 Å². The summed E-state index contributed by atoms with van der Waals surface area (Å²) in [7, 11) is 3.15. The summed E-state index contributed by atoms with van der Waals surface area (Å²) in [6.07, 6.45) is -11.8. The lowest BCUT2D eigenvalue weighted by molar-refractivity contribution is -0.117. The predicted octanol–water partition coefficient (Wildman–Crippen LogP) is -0.790. The van der Waals surface area contributed by atoms with Crippen molar-refractivity contribution in [3.8, 4) is 0 Å². The van der Waals surface area contributed by atoms with Crippen LogP contribution in [0.15, 0.2) is 12.1 Å². The number of likely N-dealkylation sites (N-methyl/N-ethyl adjacent to an activating group) is 2. The Labute approximate surface area is 486 Å². The number of hydrogen-bond donors (Lipinski definition) is 17. The number of carboxylic acid groups (broad SMARTS) is 2. The number of hydrogen-bond acceptors (Lipinski definition) is 21. The minimum absolute atomic E-state index is 0.0936. The normalized spacial score (nSPS) is 15.1. The van der Waals surface area contributed by atoms with Crippen LogP contribution in [0, 0.1) is 21.4 Å². The van der Waals surface area contributed by atoms with E-state index in [1.165, 1.54) is 0 Å². The molecule has 0 saturated heterocycles. The lowest BCUT2D eigenvalue weighted by Crippen LogP contribution is -2.48. The molecule has 24 nitrogen and oxygen atoms in total. The molecule has 1 amide bonds. The highest BCUT2D eigenvalue weighted by atomic mass is 127. The maximum atomic E-state index is 12.3. The summed E-state index contributed by atoms with van der Waals surface area (Å²) in [6.45, 7) is 1.45. The van der Waals surface area contributed by atoms with Gasteiger partial charge in [0.1, 0.15) is 42.9 Å². The number of rotatable bonds is 32. The average Bonchev–Trinajstić information content (AvgIpc) is 3.30. The number of carbonyl (C=O) groups excluding carboxylic acids is 1. The van der Waals surface area contributed by atoms with Crippen LogP contribution in [0.1, 0.15) is 33.6 Å². The number of carbonyl (C=O) groups is 3. The summed E-state index contributed by atoms with van der Waals surface area (Å²) in [5.74, 6) is -2.33. The van der Waals surface area contributed by atoms with E-state index in [2.05, 4.69) is 66.4 Å². The molecule has 1 unspecified atom stereocenters. The Bertz CT molecular complexity index is 1820. The molecule has 9 atom stereocenters. The number of aliphatic hydroxyl groups is 11. The van der Waals surface area contributed by atoms with Gasteiger partial charge in [-0.15, -0.1) is 0 Å². The van der Waals surface area contributed by atoms with Crippen LogP contribution >= 0.6 is 136 Å². The second-order valence-electron chi connectivity index (χ2n) is 14.3. The van der Waals surface area contributed by atoms with E-state index in [9.17, 15) is 39.9 Å². The van der Waals surface area contributed by atoms with Crippen molar-refractivity contribution in [2.45, 2.75) is 67.9 Å². The first kappa shape index (κ1) is 70.3. The SMILES string of the molecule is CNC[C@H](O)[C@@H](O)[C@H](O)[C@H](O)CO.CNC[C@H](O)[C@@H](O)[C@H](O)[C@H](O)CO.O=C(CCOCCOCCOCCOCCC(O)Nc1c(I)cc(I)c(C(=O)O)c1I)Nc1c(I)cc(I)c(C(=O)O)c1I. The number of halogens is 6. The number of aromatic carboxylic acids is 2. The summed E-state index contributed by atoms with van der Waals surface area (Å²) in [5, 5.41) is 130. The van der Waals surface area contributed by atoms with Gasteiger partial charge in [0.2, 0.25) is 5.91 Å². The van der Waals surface area contributed by atoms with Crippen molar-refractivity contribution in [3.63, 3.8) is 0 Å². The van der Waals surface area contributed by atoms with Crippen LogP contribution in [0.25, 0.3) is 0 Å². The van der Waals surface area contributed by atoms with Crippen LogP contribution in [0.4, 0.5) is 11.4 Å². The first-order valence-corrected chi connectivity index (χ1v) is 27.2. The monoisotopic (exact) mass is 1680 g/mol. The molecule has 30 heteroatoms. The van der Waals surface area contributed by atoms with E-state index in [1.54, 1.807) is 26.2 Å². The molecule has 0 heterocycles. The smallest absolute Gasteiger partial charge is 0.337 e. The largest absolute Gasteiger partial charge is 0.478 e. The minimum atomic E-state index is -1.55. The van der Waals surface area contributed by atoms with Gasteiger partial charge >= 0.3 is 11.9 Å². The number of aliphatic hydroxyl groups excluding tert-OH is 11. The van der Waals surface area contributed by atoms with Gasteiger partial charge in [0.25, 0.3) is 0 Å². The van der Waals surface area contributed by atoms with Crippen LogP contribution in [0.5, 0.6) is 0 Å². The third kappa shape index (κ3) is 26.9. The molecule has 0 spiro atoms. The zero-order valence-corrected chi connectivity index (χ0v) is 50.6. The van der Waals surface area contributed by atoms with Crippen LogP contribution in [0.3, 0.4) is 0 Å². The Morgan fingerprint density at radius 1 is 0.514 bits per heavy atom. The highest BCUT2D eigenvalue weighted by molar-refractivity contribution is 14.1. The van der Waals surface area contributed by atoms with Gasteiger partial charge in [0.05, 0.1) is 114 Å². The summed E-state index contributed by atoms with van der Waals surface area (Å²) in [5.41, 5.74) is 1.43. The van der Waals surface area contributed by atoms with E-state index < -0.39 is 80.2 Å². The van der Waals surface area contributed by atoms with E-state index in [-0.39, 0.29) is 43.2 Å². The second-order valence-corrected chi connectivity index (χ2v) is 21.1. The van der Waals surface area contributed by atoms with Gasteiger partial charge in [0, 0.05) is 33.8 Å². The summed E-state index contributed by atoms with van der Waals surface area (Å²) >= 11 is 12.0. The molecule has 2 aromatic carbocycles. The van der Waals surface area contributed by atoms with Gasteiger partial charge < -0.3 is 107 Å². The molecule has 0 aliphatic rings. The van der Waals surface area contributed by atoms with Crippen LogP contribution in [-0.2, 0) is 23.7 Å². The molecule has 0 saturated carbocycles. The fourth-order valence-corrected chi connectivity index (χ4v) is 13.4. The maximum Gasteiger partial charge on any atom is 0.337 e. The number of nitrogens with one attached hydrogen (secondary N) is 4. The maximum absolute atomic E-state index is 12.3. The molecule has 0 fully saturated rings. The fourth-order valence-electron chi connectivity index (χ4n) is 5.17. The Hall–Kier alpha value is 0.350. The molecule has 0 aliphatic heterocycles. The third-order valence-corrected chi connectivity index (χ3v) is 14.5. The molecule has 0 aliphatic carbocycles. The molecular formula is C40H62I6N4O20. The lowest BCUT2D eigenvalue weighted by Gasteiger charge is -2.25. The Morgan fingerprint density at radius 2 is 0.857 bits per heavy atom. The van der Waals surface area contributed by atoms with E-state index in [1.807, 2.05) is 90.4 Å².